The Morgan fingerprint density at radius 1 is 1.41 bits per heavy atom. The Kier molecular flexibility index (Phi) is 6.40. The van der Waals surface area contributed by atoms with Crippen molar-refractivity contribution in [3.05, 3.63) is 35.9 Å². The van der Waals surface area contributed by atoms with Crippen LogP contribution in [0.25, 0.3) is 0 Å². The molecule has 0 saturated carbocycles. The number of likely N-dealkylation sites (N-methyl/N-ethyl adjacent to an activating group) is 1. The van der Waals surface area contributed by atoms with E-state index in [0.717, 1.165) is 32.6 Å². The van der Waals surface area contributed by atoms with Crippen LogP contribution in [0.2, 0.25) is 0 Å². The lowest BCUT2D eigenvalue weighted by atomic mass is 10.1. The minimum atomic E-state index is -0.693. The molecular weight excluding hydrogens is 276 g/mol. The molecule has 1 aromatic carbocycles. The third-order valence-electron chi connectivity index (χ3n) is 4.78. The van der Waals surface area contributed by atoms with Crippen LogP contribution in [0.5, 0.6) is 0 Å². The average molecular weight is 304 g/mol. The van der Waals surface area contributed by atoms with Crippen molar-refractivity contribution in [2.75, 3.05) is 26.2 Å². The minimum Gasteiger partial charge on any atom is -0.481 e. The fraction of sp³-hybridized carbons (Fsp3) is 0.611. The van der Waals surface area contributed by atoms with Gasteiger partial charge in [-0.1, -0.05) is 37.3 Å². The predicted octanol–water partition coefficient (Wildman–Crippen LogP) is 3.01. The van der Waals surface area contributed by atoms with Crippen molar-refractivity contribution in [1.82, 2.24) is 9.80 Å². The van der Waals surface area contributed by atoms with Gasteiger partial charge in [0.25, 0.3) is 0 Å². The lowest BCUT2D eigenvalue weighted by Gasteiger charge is -2.29. The number of rotatable bonds is 8. The first-order valence-corrected chi connectivity index (χ1v) is 8.36. The van der Waals surface area contributed by atoms with Crippen LogP contribution >= 0.6 is 0 Å². The predicted molar refractivity (Wildman–Crippen MR) is 89.0 cm³/mol. The number of benzene rings is 1. The highest BCUT2D eigenvalue weighted by molar-refractivity contribution is 5.66. The Morgan fingerprint density at radius 3 is 2.77 bits per heavy atom. The highest BCUT2D eigenvalue weighted by Crippen LogP contribution is 2.26. The topological polar surface area (TPSA) is 43.8 Å². The van der Waals surface area contributed by atoms with Gasteiger partial charge in [-0.3, -0.25) is 14.6 Å². The van der Waals surface area contributed by atoms with Gasteiger partial charge in [0.05, 0.1) is 0 Å². The third kappa shape index (κ3) is 4.55. The van der Waals surface area contributed by atoms with E-state index in [4.69, 9.17) is 5.11 Å². The summed E-state index contributed by atoms with van der Waals surface area (Å²) in [6.45, 7) is 8.54. The third-order valence-corrected chi connectivity index (χ3v) is 4.78. The van der Waals surface area contributed by atoms with Gasteiger partial charge in [0.1, 0.15) is 0 Å². The fourth-order valence-corrected chi connectivity index (χ4v) is 3.39. The van der Waals surface area contributed by atoms with E-state index in [1.54, 1.807) is 0 Å². The summed E-state index contributed by atoms with van der Waals surface area (Å²) < 4.78 is 0. The molecule has 1 heterocycles. The van der Waals surface area contributed by atoms with Crippen LogP contribution in [0.4, 0.5) is 0 Å². The molecular formula is C18H28N2O2. The van der Waals surface area contributed by atoms with Gasteiger partial charge in [0.15, 0.2) is 0 Å². The van der Waals surface area contributed by atoms with Crippen molar-refractivity contribution < 1.29 is 9.90 Å². The fourth-order valence-electron chi connectivity index (χ4n) is 3.39. The molecule has 1 N–H and O–H groups in total. The highest BCUT2D eigenvalue weighted by atomic mass is 16.4. The number of aliphatic carboxylic acids is 1. The molecule has 2 unspecified atom stereocenters. The molecule has 0 spiro atoms. The number of hydrogen-bond acceptors (Lipinski definition) is 3. The van der Waals surface area contributed by atoms with Gasteiger partial charge in [-0.25, -0.2) is 0 Å². The van der Waals surface area contributed by atoms with Crippen LogP contribution in [0.1, 0.15) is 44.7 Å². The molecule has 0 bridgehead atoms. The number of hydrogen-bond donors (Lipinski definition) is 1. The molecule has 4 heteroatoms. The lowest BCUT2D eigenvalue weighted by molar-refractivity contribution is -0.137. The lowest BCUT2D eigenvalue weighted by Crippen LogP contribution is -2.38. The van der Waals surface area contributed by atoms with Crippen molar-refractivity contribution in [2.24, 2.45) is 0 Å². The van der Waals surface area contributed by atoms with Crippen LogP contribution in [-0.4, -0.2) is 53.1 Å². The first kappa shape index (κ1) is 17.0. The molecule has 0 amide bonds. The summed E-state index contributed by atoms with van der Waals surface area (Å²) in [6.07, 6.45) is 2.19. The molecule has 4 nitrogen and oxygen atoms in total. The Bertz CT molecular complexity index is 463. The maximum atomic E-state index is 10.7. The molecule has 22 heavy (non-hydrogen) atoms. The normalized spacial score (nSPS) is 20.4. The number of carboxylic acid groups (broad SMARTS) is 1. The zero-order chi connectivity index (χ0) is 15.9. The van der Waals surface area contributed by atoms with Crippen LogP contribution in [0.15, 0.2) is 30.3 Å². The van der Waals surface area contributed by atoms with Crippen LogP contribution in [0, 0.1) is 0 Å². The van der Waals surface area contributed by atoms with Crippen molar-refractivity contribution in [3.8, 4) is 0 Å². The van der Waals surface area contributed by atoms with Gasteiger partial charge in [-0.05, 0) is 38.4 Å². The average Bonchev–Trinajstić information content (AvgIpc) is 3.01. The van der Waals surface area contributed by atoms with Gasteiger partial charge in [0.2, 0.25) is 0 Å². The Morgan fingerprint density at radius 2 is 2.14 bits per heavy atom. The zero-order valence-corrected chi connectivity index (χ0v) is 13.7. The smallest absolute Gasteiger partial charge is 0.303 e. The monoisotopic (exact) mass is 304 g/mol. The summed E-state index contributed by atoms with van der Waals surface area (Å²) in [4.78, 5) is 15.6. The molecule has 0 aliphatic carbocycles. The van der Waals surface area contributed by atoms with E-state index in [2.05, 4.69) is 54.0 Å². The van der Waals surface area contributed by atoms with Crippen LogP contribution < -0.4 is 0 Å². The van der Waals surface area contributed by atoms with E-state index in [0.29, 0.717) is 12.1 Å². The number of carboxylic acids is 1. The molecule has 2 atom stereocenters. The molecule has 1 saturated heterocycles. The molecule has 0 radical (unpaired) electrons. The quantitative estimate of drug-likeness (QED) is 0.802. The molecule has 2 rings (SSSR count). The molecule has 1 aromatic rings. The highest BCUT2D eigenvalue weighted by Gasteiger charge is 2.29. The Hall–Kier alpha value is -1.39. The van der Waals surface area contributed by atoms with Crippen LogP contribution in [0.3, 0.4) is 0 Å². The van der Waals surface area contributed by atoms with Crippen molar-refractivity contribution in [2.45, 2.75) is 45.2 Å². The first-order chi connectivity index (χ1) is 10.6. The first-order valence-electron chi connectivity index (χ1n) is 8.36. The maximum absolute atomic E-state index is 10.7. The van der Waals surface area contributed by atoms with Crippen molar-refractivity contribution in [1.29, 1.82) is 0 Å². The summed E-state index contributed by atoms with van der Waals surface area (Å²) in [7, 11) is 0. The second kappa shape index (κ2) is 8.30. The van der Waals surface area contributed by atoms with Crippen molar-refractivity contribution in [3.63, 3.8) is 0 Å². The van der Waals surface area contributed by atoms with E-state index in [1.165, 1.54) is 12.0 Å². The van der Waals surface area contributed by atoms with Gasteiger partial charge in [-0.15, -0.1) is 0 Å². The van der Waals surface area contributed by atoms with E-state index in [1.807, 2.05) is 0 Å². The molecule has 1 aliphatic rings. The second-order valence-corrected chi connectivity index (χ2v) is 6.15. The van der Waals surface area contributed by atoms with Crippen LogP contribution in [-0.2, 0) is 4.79 Å². The van der Waals surface area contributed by atoms with E-state index in [-0.39, 0.29) is 6.42 Å². The zero-order valence-electron chi connectivity index (χ0n) is 13.7. The second-order valence-electron chi connectivity index (χ2n) is 6.15. The summed E-state index contributed by atoms with van der Waals surface area (Å²) in [5.74, 6) is -0.693. The van der Waals surface area contributed by atoms with Gasteiger partial charge >= 0.3 is 5.97 Å². The molecule has 1 fully saturated rings. The van der Waals surface area contributed by atoms with Gasteiger partial charge in [0, 0.05) is 31.6 Å². The van der Waals surface area contributed by atoms with Crippen molar-refractivity contribution >= 4 is 5.97 Å². The summed E-state index contributed by atoms with van der Waals surface area (Å²) in [6, 6.07) is 11.7. The maximum Gasteiger partial charge on any atom is 0.303 e. The molecule has 122 valence electrons. The largest absolute Gasteiger partial charge is 0.481 e. The van der Waals surface area contributed by atoms with Gasteiger partial charge < -0.3 is 5.11 Å². The van der Waals surface area contributed by atoms with E-state index >= 15 is 0 Å². The summed E-state index contributed by atoms with van der Waals surface area (Å²) in [5, 5.41) is 8.78. The summed E-state index contributed by atoms with van der Waals surface area (Å²) >= 11 is 0. The molecule has 0 aromatic heterocycles. The number of carbonyl (C=O) groups is 1. The van der Waals surface area contributed by atoms with Gasteiger partial charge in [-0.2, -0.15) is 0 Å². The number of likely N-dealkylation sites (tertiary alicyclic amines) is 1. The minimum absolute atomic E-state index is 0.271. The number of nitrogens with zero attached hydrogens (tertiary/aromatic N) is 2. The standard InChI is InChI=1S/C18H28N2O2/c1-3-19(12-7-10-18(21)22)17-11-13-20(14-17)15(2)16-8-5-4-6-9-16/h4-6,8-9,15,17H,3,7,10-14H2,1-2H3,(H,21,22). The summed E-state index contributed by atoms with van der Waals surface area (Å²) in [5.41, 5.74) is 1.37. The molecule has 1 aliphatic heterocycles. The Labute approximate surface area is 133 Å². The SMILES string of the molecule is CCN(CCCC(=O)O)C1CCN(C(C)c2ccccc2)C1. The van der Waals surface area contributed by atoms with E-state index < -0.39 is 5.97 Å². The van der Waals surface area contributed by atoms with E-state index in [9.17, 15) is 4.79 Å². The Balaban J connectivity index is 1.86.